The Balaban J connectivity index is 1.48. The van der Waals surface area contributed by atoms with E-state index >= 15 is 0 Å². The van der Waals surface area contributed by atoms with E-state index < -0.39 is 15.9 Å². The third-order valence-corrected chi connectivity index (χ3v) is 6.75. The summed E-state index contributed by atoms with van der Waals surface area (Å²) < 4.78 is 28.8. The van der Waals surface area contributed by atoms with Crippen molar-refractivity contribution in [2.45, 2.75) is 4.90 Å². The molecule has 1 aromatic carbocycles. The number of aromatic nitrogens is 4. The maximum absolute atomic E-state index is 12.9. The Morgan fingerprint density at radius 2 is 1.90 bits per heavy atom. The highest BCUT2D eigenvalue weighted by molar-refractivity contribution is 7.89. The van der Waals surface area contributed by atoms with E-state index in [9.17, 15) is 13.2 Å². The first kappa shape index (κ1) is 20.1. The van der Waals surface area contributed by atoms with Gasteiger partial charge >= 0.3 is 0 Å². The molecule has 0 bridgehead atoms. The van der Waals surface area contributed by atoms with E-state index in [1.165, 1.54) is 40.0 Å². The van der Waals surface area contributed by atoms with Crippen molar-refractivity contribution in [2.24, 2.45) is 0 Å². The highest BCUT2D eigenvalue weighted by atomic mass is 32.2. The van der Waals surface area contributed by atoms with E-state index in [-0.39, 0.29) is 10.5 Å². The Morgan fingerprint density at radius 1 is 1.10 bits per heavy atom. The van der Waals surface area contributed by atoms with Gasteiger partial charge in [0.05, 0.1) is 16.8 Å². The molecule has 3 aromatic rings. The predicted molar refractivity (Wildman–Crippen MR) is 110 cm³/mol. The summed E-state index contributed by atoms with van der Waals surface area (Å²) >= 11 is 0. The van der Waals surface area contributed by atoms with E-state index in [0.29, 0.717) is 37.7 Å². The van der Waals surface area contributed by atoms with Gasteiger partial charge in [0, 0.05) is 31.7 Å². The lowest BCUT2D eigenvalue weighted by molar-refractivity contribution is 0.102. The predicted octanol–water partition coefficient (Wildman–Crippen LogP) is 0.851. The SMILES string of the molecule is CN1CCN(S(=O)(=O)c2cccc(C(=O)Nc3ccc(-n4cncn4)nc3)c2)CC1. The van der Waals surface area contributed by atoms with E-state index in [1.807, 2.05) is 7.05 Å². The number of hydrogen-bond acceptors (Lipinski definition) is 7. The minimum Gasteiger partial charge on any atom is -0.321 e. The molecule has 1 saturated heterocycles. The van der Waals surface area contributed by atoms with Gasteiger partial charge in [-0.25, -0.2) is 23.1 Å². The Labute approximate surface area is 174 Å². The van der Waals surface area contributed by atoms with Gasteiger partial charge < -0.3 is 10.2 Å². The number of benzene rings is 1. The number of anilines is 1. The molecule has 0 spiro atoms. The molecule has 1 N–H and O–H groups in total. The summed E-state index contributed by atoms with van der Waals surface area (Å²) in [5, 5.41) is 6.73. The van der Waals surface area contributed by atoms with E-state index in [4.69, 9.17) is 0 Å². The molecule has 1 aliphatic rings. The number of hydrogen-bond donors (Lipinski definition) is 1. The molecular weight excluding hydrogens is 406 g/mol. The van der Waals surface area contributed by atoms with Crippen LogP contribution in [-0.2, 0) is 10.0 Å². The first-order valence-corrected chi connectivity index (χ1v) is 10.8. The molecule has 156 valence electrons. The zero-order chi connectivity index (χ0) is 21.1. The molecular formula is C19H21N7O3S. The van der Waals surface area contributed by atoms with Gasteiger partial charge in [-0.15, -0.1) is 0 Å². The van der Waals surface area contributed by atoms with Crippen LogP contribution >= 0.6 is 0 Å². The van der Waals surface area contributed by atoms with Gasteiger partial charge in [0.15, 0.2) is 5.82 Å². The Hall–Kier alpha value is -3.15. The first-order valence-electron chi connectivity index (χ1n) is 9.35. The molecule has 0 aliphatic carbocycles. The lowest BCUT2D eigenvalue weighted by atomic mass is 10.2. The summed E-state index contributed by atoms with van der Waals surface area (Å²) in [6.45, 7) is 2.21. The van der Waals surface area contributed by atoms with Crippen molar-refractivity contribution in [1.29, 1.82) is 0 Å². The molecule has 11 heteroatoms. The molecule has 1 fully saturated rings. The van der Waals surface area contributed by atoms with Crippen LogP contribution in [0.3, 0.4) is 0 Å². The largest absolute Gasteiger partial charge is 0.321 e. The van der Waals surface area contributed by atoms with E-state index in [1.54, 1.807) is 24.3 Å². The van der Waals surface area contributed by atoms with Crippen LogP contribution in [0.5, 0.6) is 0 Å². The second-order valence-electron chi connectivity index (χ2n) is 6.93. The van der Waals surface area contributed by atoms with Crippen LogP contribution in [0, 0.1) is 0 Å². The topological polar surface area (TPSA) is 113 Å². The molecule has 30 heavy (non-hydrogen) atoms. The zero-order valence-electron chi connectivity index (χ0n) is 16.3. The van der Waals surface area contributed by atoms with Gasteiger partial charge in [-0.05, 0) is 37.4 Å². The number of amides is 1. The van der Waals surface area contributed by atoms with Gasteiger partial charge in [0.1, 0.15) is 12.7 Å². The molecule has 3 heterocycles. The molecule has 1 amide bonds. The highest BCUT2D eigenvalue weighted by Gasteiger charge is 2.27. The van der Waals surface area contributed by atoms with E-state index in [2.05, 4.69) is 25.3 Å². The summed E-state index contributed by atoms with van der Waals surface area (Å²) in [5.74, 6) is 0.145. The van der Waals surface area contributed by atoms with Crippen molar-refractivity contribution < 1.29 is 13.2 Å². The lowest BCUT2D eigenvalue weighted by Crippen LogP contribution is -2.47. The van der Waals surface area contributed by atoms with Crippen LogP contribution < -0.4 is 5.32 Å². The third kappa shape index (κ3) is 4.22. The number of nitrogens with one attached hydrogen (secondary N) is 1. The monoisotopic (exact) mass is 427 g/mol. The third-order valence-electron chi connectivity index (χ3n) is 4.86. The Morgan fingerprint density at radius 3 is 2.57 bits per heavy atom. The average molecular weight is 427 g/mol. The molecule has 10 nitrogen and oxygen atoms in total. The summed E-state index contributed by atoms with van der Waals surface area (Å²) in [6.07, 6.45) is 4.42. The molecule has 0 radical (unpaired) electrons. The zero-order valence-corrected chi connectivity index (χ0v) is 17.2. The van der Waals surface area contributed by atoms with Crippen molar-refractivity contribution in [3.63, 3.8) is 0 Å². The smallest absolute Gasteiger partial charge is 0.255 e. The standard InChI is InChI=1S/C19H21N7O3S/c1-24-7-9-25(10-8-24)30(28,29)17-4-2-3-15(11-17)19(27)23-16-5-6-18(21-12-16)26-14-20-13-22-26/h2-6,11-14H,7-10H2,1H3,(H,23,27). The van der Waals surface area contributed by atoms with Crippen molar-refractivity contribution >= 4 is 21.6 Å². The molecule has 0 unspecified atom stereocenters. The number of carbonyl (C=O) groups is 1. The number of pyridine rings is 1. The molecule has 4 rings (SSSR count). The minimum absolute atomic E-state index is 0.111. The summed E-state index contributed by atoms with van der Waals surface area (Å²) in [7, 11) is -1.69. The summed E-state index contributed by atoms with van der Waals surface area (Å²) in [4.78, 5) is 22.9. The maximum Gasteiger partial charge on any atom is 0.255 e. The van der Waals surface area contributed by atoms with Gasteiger partial charge in [-0.2, -0.15) is 9.40 Å². The van der Waals surface area contributed by atoms with Crippen molar-refractivity contribution in [1.82, 2.24) is 29.0 Å². The summed E-state index contributed by atoms with van der Waals surface area (Å²) in [5.41, 5.74) is 0.738. The fourth-order valence-corrected chi connectivity index (χ4v) is 4.57. The van der Waals surface area contributed by atoms with Crippen molar-refractivity contribution in [3.05, 3.63) is 60.8 Å². The maximum atomic E-state index is 12.9. The van der Waals surface area contributed by atoms with Gasteiger partial charge in [0.2, 0.25) is 10.0 Å². The second kappa shape index (κ2) is 8.30. The number of likely N-dealkylation sites (N-methyl/N-ethyl adjacent to an activating group) is 1. The lowest BCUT2D eigenvalue weighted by Gasteiger charge is -2.31. The number of piperazine rings is 1. The molecule has 0 saturated carbocycles. The highest BCUT2D eigenvalue weighted by Crippen LogP contribution is 2.19. The van der Waals surface area contributed by atoms with Gasteiger partial charge in [-0.3, -0.25) is 4.79 Å². The minimum atomic E-state index is -3.65. The van der Waals surface area contributed by atoms with Crippen LogP contribution in [0.15, 0.2) is 60.1 Å². The fourth-order valence-electron chi connectivity index (χ4n) is 3.10. The molecule has 0 atom stereocenters. The number of rotatable bonds is 5. The van der Waals surface area contributed by atoms with Crippen LogP contribution in [0.2, 0.25) is 0 Å². The van der Waals surface area contributed by atoms with Crippen LogP contribution in [-0.4, -0.2) is 76.5 Å². The number of nitrogens with zero attached hydrogens (tertiary/aromatic N) is 6. The van der Waals surface area contributed by atoms with Crippen LogP contribution in [0.1, 0.15) is 10.4 Å². The van der Waals surface area contributed by atoms with Crippen LogP contribution in [0.25, 0.3) is 5.82 Å². The second-order valence-corrected chi connectivity index (χ2v) is 8.87. The van der Waals surface area contributed by atoms with Gasteiger partial charge in [-0.1, -0.05) is 6.07 Å². The van der Waals surface area contributed by atoms with Crippen molar-refractivity contribution in [3.8, 4) is 5.82 Å². The van der Waals surface area contributed by atoms with E-state index in [0.717, 1.165) is 0 Å². The normalized spacial score (nSPS) is 15.8. The fraction of sp³-hybridized carbons (Fsp3) is 0.263. The quantitative estimate of drug-likeness (QED) is 0.642. The summed E-state index contributed by atoms with van der Waals surface area (Å²) in [6, 6.07) is 9.45. The van der Waals surface area contributed by atoms with Gasteiger partial charge in [0.25, 0.3) is 5.91 Å². The van der Waals surface area contributed by atoms with Crippen molar-refractivity contribution in [2.75, 3.05) is 38.5 Å². The average Bonchev–Trinajstić information content (AvgIpc) is 3.30. The Bertz CT molecular complexity index is 1120. The van der Waals surface area contributed by atoms with Crippen LogP contribution in [0.4, 0.5) is 5.69 Å². The first-order chi connectivity index (χ1) is 14.4. The molecule has 2 aromatic heterocycles. The number of carbonyl (C=O) groups excluding carboxylic acids is 1. The number of sulfonamides is 1. The Kier molecular flexibility index (Phi) is 5.57. The molecule has 1 aliphatic heterocycles.